The molecule has 0 aliphatic rings. The van der Waals surface area contributed by atoms with Crippen molar-refractivity contribution in [3.05, 3.63) is 0 Å². The van der Waals surface area contributed by atoms with Crippen molar-refractivity contribution in [2.24, 2.45) is 0 Å². The van der Waals surface area contributed by atoms with Gasteiger partial charge in [0.2, 0.25) is 5.91 Å². The van der Waals surface area contributed by atoms with Crippen LogP contribution < -0.4 is 5.32 Å². The molecular weight excluding hydrogens is 230 g/mol. The van der Waals surface area contributed by atoms with Crippen LogP contribution in [-0.4, -0.2) is 50.9 Å². The van der Waals surface area contributed by atoms with Crippen LogP contribution in [0.4, 0.5) is 0 Å². The average Bonchev–Trinajstić information content (AvgIpc) is 2.27. The second-order valence-corrected chi connectivity index (χ2v) is 3.45. The predicted octanol–water partition coefficient (Wildman–Crippen LogP) is 0.0447. The van der Waals surface area contributed by atoms with Gasteiger partial charge in [-0.1, -0.05) is 0 Å². The second kappa shape index (κ2) is 12.5. The van der Waals surface area contributed by atoms with Gasteiger partial charge in [-0.25, -0.2) is 0 Å². The Bertz CT molecular complexity index is 190. The highest BCUT2D eigenvalue weighted by atomic mass is 32.1. The van der Waals surface area contributed by atoms with Gasteiger partial charge in [-0.2, -0.15) is 12.6 Å². The number of nitrogens with one attached hydrogen (secondary N) is 1. The van der Waals surface area contributed by atoms with Crippen molar-refractivity contribution < 1.29 is 19.1 Å². The van der Waals surface area contributed by atoms with Crippen LogP contribution in [-0.2, 0) is 19.1 Å². The van der Waals surface area contributed by atoms with E-state index in [9.17, 15) is 9.59 Å². The normalized spacial score (nSPS) is 10.1. The number of thiol groups is 1. The van der Waals surface area contributed by atoms with Gasteiger partial charge in [-0.3, -0.25) is 4.79 Å². The van der Waals surface area contributed by atoms with E-state index >= 15 is 0 Å². The van der Waals surface area contributed by atoms with Crippen LogP contribution in [0.15, 0.2) is 0 Å². The molecule has 5 nitrogen and oxygen atoms in total. The maximum atomic E-state index is 11.0. The molecule has 0 unspecified atom stereocenters. The van der Waals surface area contributed by atoms with Crippen molar-refractivity contribution in [2.75, 3.05) is 38.7 Å². The molecule has 1 amide bonds. The number of rotatable bonds is 11. The third-order valence-electron chi connectivity index (χ3n) is 1.66. The first kappa shape index (κ1) is 15.4. The lowest BCUT2D eigenvalue weighted by molar-refractivity contribution is -0.120. The summed E-state index contributed by atoms with van der Waals surface area (Å²) in [7, 11) is 0. The van der Waals surface area contributed by atoms with Crippen LogP contribution in [0.2, 0.25) is 0 Å². The highest BCUT2D eigenvalue weighted by Crippen LogP contribution is 1.83. The quantitative estimate of drug-likeness (QED) is 0.308. The number of carbonyl (C=O) groups excluding carboxylic acids is 2. The van der Waals surface area contributed by atoms with Crippen LogP contribution >= 0.6 is 12.6 Å². The van der Waals surface area contributed by atoms with Gasteiger partial charge in [0.05, 0.1) is 26.4 Å². The third kappa shape index (κ3) is 11.5. The Morgan fingerprint density at radius 2 is 1.88 bits per heavy atom. The van der Waals surface area contributed by atoms with Crippen LogP contribution in [0.1, 0.15) is 12.8 Å². The van der Waals surface area contributed by atoms with Gasteiger partial charge in [0.25, 0.3) is 0 Å². The summed E-state index contributed by atoms with van der Waals surface area (Å²) in [6, 6.07) is 0. The van der Waals surface area contributed by atoms with E-state index in [1.165, 1.54) is 0 Å². The van der Waals surface area contributed by atoms with E-state index in [0.717, 1.165) is 6.29 Å². The third-order valence-corrected chi connectivity index (χ3v) is 1.88. The topological polar surface area (TPSA) is 64.6 Å². The summed E-state index contributed by atoms with van der Waals surface area (Å²) in [6.45, 7) is 2.35. The summed E-state index contributed by atoms with van der Waals surface area (Å²) < 4.78 is 10.3. The summed E-state index contributed by atoms with van der Waals surface area (Å²) in [5.41, 5.74) is 0. The van der Waals surface area contributed by atoms with Crippen molar-refractivity contribution in [1.82, 2.24) is 5.32 Å². The van der Waals surface area contributed by atoms with Gasteiger partial charge in [-0.15, -0.1) is 0 Å². The first-order valence-corrected chi connectivity index (χ1v) is 5.91. The minimum Gasteiger partial charge on any atom is -0.379 e. The lowest BCUT2D eigenvalue weighted by atomic mass is 10.4. The zero-order valence-electron chi connectivity index (χ0n) is 9.31. The van der Waals surface area contributed by atoms with Crippen molar-refractivity contribution in [1.29, 1.82) is 0 Å². The average molecular weight is 249 g/mol. The van der Waals surface area contributed by atoms with Gasteiger partial charge in [-0.05, 0) is 5.75 Å². The number of hydrogen-bond acceptors (Lipinski definition) is 5. The molecule has 6 heteroatoms. The van der Waals surface area contributed by atoms with Gasteiger partial charge < -0.3 is 19.6 Å². The molecule has 0 fully saturated rings. The number of amides is 1. The molecule has 0 saturated heterocycles. The summed E-state index contributed by atoms with van der Waals surface area (Å²) in [5.74, 6) is 0.540. The smallest absolute Gasteiger partial charge is 0.220 e. The van der Waals surface area contributed by atoms with E-state index in [4.69, 9.17) is 9.47 Å². The van der Waals surface area contributed by atoms with Gasteiger partial charge in [0.1, 0.15) is 6.29 Å². The second-order valence-electron chi connectivity index (χ2n) is 3.00. The SMILES string of the molecule is O=CCCOCCOCCNC(=O)CCS. The fourth-order valence-electron chi connectivity index (χ4n) is 0.906. The number of carbonyl (C=O) groups is 2. The van der Waals surface area contributed by atoms with Crippen molar-refractivity contribution >= 4 is 24.8 Å². The molecule has 0 aliphatic heterocycles. The molecular formula is C10H19NO4S. The maximum Gasteiger partial charge on any atom is 0.220 e. The zero-order chi connectivity index (χ0) is 12.1. The molecule has 0 aromatic heterocycles. The Hall–Kier alpha value is -0.590. The Labute approximate surface area is 101 Å². The highest BCUT2D eigenvalue weighted by molar-refractivity contribution is 7.80. The molecule has 0 saturated carbocycles. The van der Waals surface area contributed by atoms with Gasteiger partial charge in [0.15, 0.2) is 0 Å². The Morgan fingerprint density at radius 3 is 2.50 bits per heavy atom. The van der Waals surface area contributed by atoms with Gasteiger partial charge >= 0.3 is 0 Å². The highest BCUT2D eigenvalue weighted by Gasteiger charge is 1.97. The fraction of sp³-hybridized carbons (Fsp3) is 0.800. The van der Waals surface area contributed by atoms with E-state index in [1.54, 1.807) is 0 Å². The lowest BCUT2D eigenvalue weighted by Crippen LogP contribution is -2.27. The van der Waals surface area contributed by atoms with E-state index in [-0.39, 0.29) is 5.91 Å². The molecule has 0 atom stereocenters. The molecule has 0 rings (SSSR count). The van der Waals surface area contributed by atoms with E-state index < -0.39 is 0 Å². The minimum atomic E-state index is -0.0131. The van der Waals surface area contributed by atoms with E-state index in [1.807, 2.05) is 0 Å². The monoisotopic (exact) mass is 249 g/mol. The van der Waals surface area contributed by atoms with Crippen molar-refractivity contribution in [3.8, 4) is 0 Å². The zero-order valence-corrected chi connectivity index (χ0v) is 10.2. The largest absolute Gasteiger partial charge is 0.379 e. The molecule has 0 radical (unpaired) electrons. The minimum absolute atomic E-state index is 0.0131. The Balaban J connectivity index is 3.03. The number of hydrogen-bond donors (Lipinski definition) is 2. The summed E-state index contributed by atoms with van der Waals surface area (Å²) in [6.07, 6.45) is 1.66. The van der Waals surface area contributed by atoms with E-state index in [0.29, 0.717) is 51.6 Å². The molecule has 0 aromatic carbocycles. The Kier molecular flexibility index (Phi) is 12.0. The standard InChI is InChI=1S/C10H19NO4S/c12-4-1-5-14-7-8-15-6-3-11-10(13)2-9-16/h4,16H,1-3,5-9H2,(H,11,13). The maximum absolute atomic E-state index is 11.0. The lowest BCUT2D eigenvalue weighted by Gasteiger charge is -2.06. The summed E-state index contributed by atoms with van der Waals surface area (Å²) >= 11 is 3.95. The van der Waals surface area contributed by atoms with Crippen LogP contribution in [0, 0.1) is 0 Å². The summed E-state index contributed by atoms with van der Waals surface area (Å²) in [4.78, 5) is 20.9. The molecule has 0 aliphatic carbocycles. The fourth-order valence-corrected chi connectivity index (χ4v) is 1.11. The van der Waals surface area contributed by atoms with Crippen molar-refractivity contribution in [3.63, 3.8) is 0 Å². The molecule has 0 heterocycles. The number of aldehydes is 1. The first-order valence-electron chi connectivity index (χ1n) is 5.28. The van der Waals surface area contributed by atoms with E-state index in [2.05, 4.69) is 17.9 Å². The molecule has 0 bridgehead atoms. The van der Waals surface area contributed by atoms with Crippen molar-refractivity contribution in [2.45, 2.75) is 12.8 Å². The van der Waals surface area contributed by atoms with Gasteiger partial charge in [0, 0.05) is 19.4 Å². The molecule has 94 valence electrons. The summed E-state index contributed by atoms with van der Waals surface area (Å²) in [5, 5.41) is 2.69. The molecule has 0 aromatic rings. The van der Waals surface area contributed by atoms with Crippen LogP contribution in [0.3, 0.4) is 0 Å². The molecule has 1 N–H and O–H groups in total. The molecule has 16 heavy (non-hydrogen) atoms. The van der Waals surface area contributed by atoms with Crippen LogP contribution in [0.25, 0.3) is 0 Å². The first-order chi connectivity index (χ1) is 7.81. The predicted molar refractivity (Wildman–Crippen MR) is 63.8 cm³/mol. The van der Waals surface area contributed by atoms with Crippen LogP contribution in [0.5, 0.6) is 0 Å². The Morgan fingerprint density at radius 1 is 1.19 bits per heavy atom. The molecule has 0 spiro atoms. The number of ether oxygens (including phenoxy) is 2.